The Bertz CT molecular complexity index is 419. The fourth-order valence-electron chi connectivity index (χ4n) is 1.61. The molecule has 2 rings (SSSR count). The Hall–Kier alpha value is -1.13. The number of methoxy groups -OCH3 is 2. The van der Waals surface area contributed by atoms with Gasteiger partial charge in [0.2, 0.25) is 0 Å². The van der Waals surface area contributed by atoms with Crippen LogP contribution in [0.15, 0.2) is 12.1 Å². The van der Waals surface area contributed by atoms with Crippen molar-refractivity contribution in [1.29, 1.82) is 0 Å². The van der Waals surface area contributed by atoms with Gasteiger partial charge in [0.1, 0.15) is 11.5 Å². The molecule has 94 valence electrons. The van der Waals surface area contributed by atoms with Gasteiger partial charge in [-0.25, -0.2) is 0 Å². The molecule has 4 nitrogen and oxygen atoms in total. The lowest BCUT2D eigenvalue weighted by molar-refractivity contribution is 0.404. The van der Waals surface area contributed by atoms with Crippen molar-refractivity contribution in [3.05, 3.63) is 17.2 Å². The Labute approximate surface area is 106 Å². The van der Waals surface area contributed by atoms with E-state index in [4.69, 9.17) is 26.8 Å². The second-order valence-electron chi connectivity index (χ2n) is 4.40. The van der Waals surface area contributed by atoms with Gasteiger partial charge in [0.05, 0.1) is 24.9 Å². The highest BCUT2D eigenvalue weighted by molar-refractivity contribution is 6.32. The van der Waals surface area contributed by atoms with E-state index in [2.05, 4.69) is 5.32 Å². The minimum atomic E-state index is -0.0577. The third-order valence-corrected chi connectivity index (χ3v) is 3.29. The van der Waals surface area contributed by atoms with Crippen LogP contribution < -0.4 is 20.5 Å². The minimum absolute atomic E-state index is 0.0577. The van der Waals surface area contributed by atoms with Gasteiger partial charge in [-0.3, -0.25) is 0 Å². The predicted molar refractivity (Wildman–Crippen MR) is 69.2 cm³/mol. The van der Waals surface area contributed by atoms with Crippen LogP contribution in [0, 0.1) is 0 Å². The second kappa shape index (κ2) is 4.63. The van der Waals surface area contributed by atoms with Crippen LogP contribution in [0.4, 0.5) is 5.69 Å². The molecule has 0 radical (unpaired) electrons. The van der Waals surface area contributed by atoms with Crippen LogP contribution in [-0.4, -0.2) is 26.3 Å². The van der Waals surface area contributed by atoms with E-state index in [-0.39, 0.29) is 5.54 Å². The van der Waals surface area contributed by atoms with Crippen molar-refractivity contribution in [2.75, 3.05) is 26.1 Å². The lowest BCUT2D eigenvalue weighted by Gasteiger charge is -2.16. The molecule has 0 amide bonds. The summed E-state index contributed by atoms with van der Waals surface area (Å²) in [5.74, 6) is 1.32. The lowest BCUT2D eigenvalue weighted by atomic mass is 10.2. The Balaban J connectivity index is 2.17. The first-order chi connectivity index (χ1) is 8.08. The standard InChI is InChI=1S/C12H17ClN2O2/c1-16-10-6-9(11(17-2)5-8(10)13)15-7-12(14)3-4-12/h5-6,15H,3-4,7,14H2,1-2H3. The van der Waals surface area contributed by atoms with Crippen molar-refractivity contribution in [2.24, 2.45) is 5.73 Å². The molecule has 1 aromatic rings. The maximum absolute atomic E-state index is 6.03. The van der Waals surface area contributed by atoms with Crippen LogP contribution in [0.3, 0.4) is 0 Å². The summed E-state index contributed by atoms with van der Waals surface area (Å²) in [4.78, 5) is 0. The molecule has 0 atom stereocenters. The fraction of sp³-hybridized carbons (Fsp3) is 0.500. The number of halogens is 1. The zero-order chi connectivity index (χ0) is 12.5. The molecule has 0 aromatic heterocycles. The van der Waals surface area contributed by atoms with Crippen molar-refractivity contribution in [1.82, 2.24) is 0 Å². The van der Waals surface area contributed by atoms with Crippen LogP contribution in [-0.2, 0) is 0 Å². The average Bonchev–Trinajstić information content (AvgIpc) is 3.05. The first-order valence-corrected chi connectivity index (χ1v) is 5.90. The van der Waals surface area contributed by atoms with Crippen LogP contribution in [0.25, 0.3) is 0 Å². The minimum Gasteiger partial charge on any atom is -0.495 e. The molecule has 1 saturated carbocycles. The molecule has 0 unspecified atom stereocenters. The zero-order valence-corrected chi connectivity index (χ0v) is 10.8. The van der Waals surface area contributed by atoms with E-state index in [0.29, 0.717) is 16.5 Å². The summed E-state index contributed by atoms with van der Waals surface area (Å²) in [6, 6.07) is 3.56. The van der Waals surface area contributed by atoms with E-state index < -0.39 is 0 Å². The summed E-state index contributed by atoms with van der Waals surface area (Å²) >= 11 is 6.03. The van der Waals surface area contributed by atoms with Gasteiger partial charge < -0.3 is 20.5 Å². The second-order valence-corrected chi connectivity index (χ2v) is 4.81. The highest BCUT2D eigenvalue weighted by atomic mass is 35.5. The highest BCUT2D eigenvalue weighted by Gasteiger charge is 2.37. The molecule has 0 heterocycles. The number of ether oxygens (including phenoxy) is 2. The van der Waals surface area contributed by atoms with Gasteiger partial charge in [-0.1, -0.05) is 11.6 Å². The Morgan fingerprint density at radius 3 is 2.47 bits per heavy atom. The van der Waals surface area contributed by atoms with Crippen molar-refractivity contribution in [3.8, 4) is 11.5 Å². The van der Waals surface area contributed by atoms with Crippen LogP contribution in [0.2, 0.25) is 5.02 Å². The molecule has 1 aliphatic carbocycles. The zero-order valence-electron chi connectivity index (χ0n) is 10.0. The van der Waals surface area contributed by atoms with Gasteiger partial charge in [-0.05, 0) is 12.8 Å². The molecule has 1 aromatic carbocycles. The molecule has 0 spiro atoms. The molecule has 17 heavy (non-hydrogen) atoms. The smallest absolute Gasteiger partial charge is 0.143 e. The van der Waals surface area contributed by atoms with E-state index in [1.165, 1.54) is 0 Å². The van der Waals surface area contributed by atoms with Crippen molar-refractivity contribution >= 4 is 17.3 Å². The maximum atomic E-state index is 6.03. The molecule has 0 bridgehead atoms. The van der Waals surface area contributed by atoms with E-state index >= 15 is 0 Å². The monoisotopic (exact) mass is 256 g/mol. The summed E-state index contributed by atoms with van der Waals surface area (Å²) in [5.41, 5.74) is 6.82. The fourth-order valence-corrected chi connectivity index (χ4v) is 1.84. The molecule has 5 heteroatoms. The molecule has 1 fully saturated rings. The number of rotatable bonds is 5. The molecule has 0 saturated heterocycles. The van der Waals surface area contributed by atoms with Gasteiger partial charge in [0, 0.05) is 24.2 Å². The summed E-state index contributed by atoms with van der Waals surface area (Å²) < 4.78 is 10.4. The predicted octanol–water partition coefficient (Wildman–Crippen LogP) is 2.26. The third-order valence-electron chi connectivity index (χ3n) is 3.00. The largest absolute Gasteiger partial charge is 0.495 e. The number of benzene rings is 1. The topological polar surface area (TPSA) is 56.5 Å². The Morgan fingerprint density at radius 2 is 1.94 bits per heavy atom. The van der Waals surface area contributed by atoms with Crippen LogP contribution in [0.5, 0.6) is 11.5 Å². The van der Waals surface area contributed by atoms with E-state index in [9.17, 15) is 0 Å². The summed E-state index contributed by atoms with van der Waals surface area (Å²) in [6.45, 7) is 0.730. The van der Waals surface area contributed by atoms with Crippen molar-refractivity contribution in [2.45, 2.75) is 18.4 Å². The molecule has 0 aliphatic heterocycles. The highest BCUT2D eigenvalue weighted by Crippen LogP contribution is 2.38. The third kappa shape index (κ3) is 2.76. The normalized spacial score (nSPS) is 16.5. The first-order valence-electron chi connectivity index (χ1n) is 5.52. The van der Waals surface area contributed by atoms with Crippen LogP contribution >= 0.6 is 11.6 Å². The number of nitrogens with two attached hydrogens (primary N) is 1. The summed E-state index contributed by atoms with van der Waals surface area (Å²) in [6.07, 6.45) is 2.13. The van der Waals surface area contributed by atoms with Gasteiger partial charge in [-0.15, -0.1) is 0 Å². The number of anilines is 1. The summed E-state index contributed by atoms with van der Waals surface area (Å²) in [5, 5.41) is 3.81. The van der Waals surface area contributed by atoms with Gasteiger partial charge in [0.15, 0.2) is 0 Å². The molecule has 1 aliphatic rings. The summed E-state index contributed by atoms with van der Waals surface area (Å²) in [7, 11) is 3.20. The van der Waals surface area contributed by atoms with E-state index in [1.807, 2.05) is 6.07 Å². The maximum Gasteiger partial charge on any atom is 0.143 e. The first kappa shape index (κ1) is 12.3. The number of hydrogen-bond donors (Lipinski definition) is 2. The van der Waals surface area contributed by atoms with Gasteiger partial charge in [0.25, 0.3) is 0 Å². The molecule has 3 N–H and O–H groups in total. The average molecular weight is 257 g/mol. The number of nitrogens with one attached hydrogen (secondary N) is 1. The Morgan fingerprint density at radius 1 is 1.29 bits per heavy atom. The van der Waals surface area contributed by atoms with E-state index in [0.717, 1.165) is 25.1 Å². The van der Waals surface area contributed by atoms with Gasteiger partial charge in [-0.2, -0.15) is 0 Å². The van der Waals surface area contributed by atoms with Gasteiger partial charge >= 0.3 is 0 Å². The van der Waals surface area contributed by atoms with Crippen LogP contribution in [0.1, 0.15) is 12.8 Å². The van der Waals surface area contributed by atoms with Crippen molar-refractivity contribution < 1.29 is 9.47 Å². The number of hydrogen-bond acceptors (Lipinski definition) is 4. The SMILES string of the molecule is COc1cc(NCC2(N)CC2)c(OC)cc1Cl. The quantitative estimate of drug-likeness (QED) is 0.849. The van der Waals surface area contributed by atoms with Crippen molar-refractivity contribution in [3.63, 3.8) is 0 Å². The Kier molecular flexibility index (Phi) is 3.35. The molecular formula is C12H17ClN2O2. The lowest BCUT2D eigenvalue weighted by Crippen LogP contribution is -2.31. The molecular weight excluding hydrogens is 240 g/mol. The van der Waals surface area contributed by atoms with E-state index in [1.54, 1.807) is 20.3 Å².